The Kier molecular flexibility index (Phi) is 7.10. The highest BCUT2D eigenvalue weighted by Crippen LogP contribution is 2.27. The molecule has 0 saturated heterocycles. The fourth-order valence-corrected chi connectivity index (χ4v) is 3.54. The molecule has 0 unspecified atom stereocenters. The number of hydrogen-bond acceptors (Lipinski definition) is 5. The van der Waals surface area contributed by atoms with E-state index < -0.39 is 0 Å². The van der Waals surface area contributed by atoms with Gasteiger partial charge in [-0.15, -0.1) is 10.2 Å². The Morgan fingerprint density at radius 1 is 1.00 bits per heavy atom. The van der Waals surface area contributed by atoms with Crippen molar-refractivity contribution >= 4 is 34.2 Å². The van der Waals surface area contributed by atoms with Gasteiger partial charge in [0.05, 0.1) is 23.5 Å². The molecular formula is C25H25ClN4O3. The van der Waals surface area contributed by atoms with Gasteiger partial charge in [-0.05, 0) is 66.9 Å². The first-order chi connectivity index (χ1) is 16.1. The number of hydrogen-bond donors (Lipinski definition) is 1. The summed E-state index contributed by atoms with van der Waals surface area (Å²) in [4.78, 5) is 13.9. The van der Waals surface area contributed by atoms with Gasteiger partial charge in [0.1, 0.15) is 22.5 Å². The first-order valence-electron chi connectivity index (χ1n) is 10.8. The SMILES string of the molecule is CCCCc1ccc(-n2nc3cc(Cl)c(NC(=O)COc4ccc(OC)cc4)cc3n2)cc1. The molecule has 0 spiro atoms. The van der Waals surface area contributed by atoms with Crippen molar-refractivity contribution in [3.63, 3.8) is 0 Å². The molecule has 0 bridgehead atoms. The summed E-state index contributed by atoms with van der Waals surface area (Å²) in [6.45, 7) is 2.03. The minimum absolute atomic E-state index is 0.155. The Bertz CT molecular complexity index is 1240. The summed E-state index contributed by atoms with van der Waals surface area (Å²) in [6, 6.07) is 18.6. The smallest absolute Gasteiger partial charge is 0.262 e. The molecule has 8 heteroatoms. The van der Waals surface area contributed by atoms with Crippen LogP contribution in [-0.4, -0.2) is 34.6 Å². The monoisotopic (exact) mass is 464 g/mol. The number of nitrogens with one attached hydrogen (secondary N) is 1. The molecule has 4 rings (SSSR count). The zero-order chi connectivity index (χ0) is 23.2. The van der Waals surface area contributed by atoms with Crippen LogP contribution in [0.4, 0.5) is 5.69 Å². The second-order valence-corrected chi connectivity index (χ2v) is 8.00. The average molecular weight is 465 g/mol. The number of aromatic nitrogens is 3. The molecule has 33 heavy (non-hydrogen) atoms. The third kappa shape index (κ3) is 5.62. The number of anilines is 1. The standard InChI is InChI=1S/C25H25ClN4O3/c1-3-4-5-17-6-8-18(9-7-17)30-28-23-14-21(26)22(15-24(23)29-30)27-25(31)16-33-20-12-10-19(32-2)11-13-20/h6-15H,3-5,16H2,1-2H3,(H,27,31). The summed E-state index contributed by atoms with van der Waals surface area (Å²) in [5, 5.41) is 12.2. The Hall–Kier alpha value is -3.58. The number of amides is 1. The van der Waals surface area contributed by atoms with Crippen molar-refractivity contribution in [3.8, 4) is 17.2 Å². The largest absolute Gasteiger partial charge is 0.497 e. The van der Waals surface area contributed by atoms with Gasteiger partial charge in [-0.2, -0.15) is 4.80 Å². The third-order valence-electron chi connectivity index (χ3n) is 5.16. The molecule has 4 aromatic rings. The van der Waals surface area contributed by atoms with Crippen LogP contribution in [0.15, 0.2) is 60.7 Å². The van der Waals surface area contributed by atoms with Gasteiger partial charge in [-0.1, -0.05) is 37.1 Å². The van der Waals surface area contributed by atoms with Crippen LogP contribution in [0.25, 0.3) is 16.7 Å². The quantitative estimate of drug-likeness (QED) is 0.356. The van der Waals surface area contributed by atoms with Crippen LogP contribution < -0.4 is 14.8 Å². The van der Waals surface area contributed by atoms with Crippen LogP contribution in [0.5, 0.6) is 11.5 Å². The number of methoxy groups -OCH3 is 1. The zero-order valence-electron chi connectivity index (χ0n) is 18.5. The van der Waals surface area contributed by atoms with Gasteiger partial charge in [0.2, 0.25) is 0 Å². The van der Waals surface area contributed by atoms with Crippen LogP contribution >= 0.6 is 11.6 Å². The predicted molar refractivity (Wildman–Crippen MR) is 130 cm³/mol. The number of carbonyl (C=O) groups excluding carboxylic acids is 1. The highest BCUT2D eigenvalue weighted by atomic mass is 35.5. The van der Waals surface area contributed by atoms with E-state index in [0.29, 0.717) is 33.2 Å². The zero-order valence-corrected chi connectivity index (χ0v) is 19.3. The second-order valence-electron chi connectivity index (χ2n) is 7.59. The minimum atomic E-state index is -0.331. The van der Waals surface area contributed by atoms with E-state index in [2.05, 4.69) is 34.6 Å². The summed E-state index contributed by atoms with van der Waals surface area (Å²) in [5.41, 5.74) is 3.88. The number of aryl methyl sites for hydroxylation is 1. The number of rotatable bonds is 9. The molecular weight excluding hydrogens is 440 g/mol. The average Bonchev–Trinajstić information content (AvgIpc) is 3.25. The van der Waals surface area contributed by atoms with E-state index >= 15 is 0 Å². The normalized spacial score (nSPS) is 10.9. The highest BCUT2D eigenvalue weighted by molar-refractivity contribution is 6.34. The summed E-state index contributed by atoms with van der Waals surface area (Å²) in [5.74, 6) is 0.950. The van der Waals surface area contributed by atoms with Crippen molar-refractivity contribution < 1.29 is 14.3 Å². The van der Waals surface area contributed by atoms with Crippen molar-refractivity contribution in [2.24, 2.45) is 0 Å². The van der Waals surface area contributed by atoms with Crippen LogP contribution in [-0.2, 0) is 11.2 Å². The molecule has 7 nitrogen and oxygen atoms in total. The van der Waals surface area contributed by atoms with Crippen LogP contribution in [0, 0.1) is 0 Å². The lowest BCUT2D eigenvalue weighted by molar-refractivity contribution is -0.118. The molecule has 0 atom stereocenters. The molecule has 170 valence electrons. The maximum Gasteiger partial charge on any atom is 0.262 e. The molecule has 0 aliphatic heterocycles. The number of carbonyl (C=O) groups is 1. The van der Waals surface area contributed by atoms with Gasteiger partial charge in [-0.25, -0.2) is 0 Å². The topological polar surface area (TPSA) is 78.3 Å². The van der Waals surface area contributed by atoms with Crippen molar-refractivity contribution in [1.29, 1.82) is 0 Å². The van der Waals surface area contributed by atoms with E-state index in [4.69, 9.17) is 21.1 Å². The van der Waals surface area contributed by atoms with Gasteiger partial charge in [0, 0.05) is 0 Å². The molecule has 1 aromatic heterocycles. The molecule has 3 aromatic carbocycles. The Balaban J connectivity index is 1.44. The fourth-order valence-electron chi connectivity index (χ4n) is 3.33. The van der Waals surface area contributed by atoms with Crippen molar-refractivity contribution in [2.75, 3.05) is 19.0 Å². The van der Waals surface area contributed by atoms with Crippen LogP contribution in [0.3, 0.4) is 0 Å². The minimum Gasteiger partial charge on any atom is -0.497 e. The van der Waals surface area contributed by atoms with E-state index in [1.165, 1.54) is 18.4 Å². The van der Waals surface area contributed by atoms with Gasteiger partial charge in [0.25, 0.3) is 5.91 Å². The van der Waals surface area contributed by atoms with Gasteiger partial charge < -0.3 is 14.8 Å². The Morgan fingerprint density at radius 3 is 2.33 bits per heavy atom. The van der Waals surface area contributed by atoms with Gasteiger partial charge in [-0.3, -0.25) is 4.79 Å². The van der Waals surface area contributed by atoms with Gasteiger partial charge >= 0.3 is 0 Å². The number of halogens is 1. The second kappa shape index (κ2) is 10.4. The molecule has 1 N–H and O–H groups in total. The molecule has 0 radical (unpaired) electrons. The lowest BCUT2D eigenvalue weighted by atomic mass is 10.1. The van der Waals surface area contributed by atoms with E-state index in [9.17, 15) is 4.79 Å². The van der Waals surface area contributed by atoms with Crippen LogP contribution in [0.2, 0.25) is 5.02 Å². The number of benzene rings is 3. The van der Waals surface area contributed by atoms with Crippen molar-refractivity contribution in [3.05, 3.63) is 71.2 Å². The fraction of sp³-hybridized carbons (Fsp3) is 0.240. The van der Waals surface area contributed by atoms with E-state index in [1.807, 2.05) is 12.1 Å². The number of ether oxygens (including phenoxy) is 2. The molecule has 0 saturated carbocycles. The summed E-state index contributed by atoms with van der Waals surface area (Å²) >= 11 is 6.38. The first-order valence-corrected chi connectivity index (χ1v) is 11.2. The molecule has 0 aliphatic rings. The van der Waals surface area contributed by atoms with Gasteiger partial charge in [0.15, 0.2) is 6.61 Å². The van der Waals surface area contributed by atoms with Crippen molar-refractivity contribution in [1.82, 2.24) is 15.0 Å². The van der Waals surface area contributed by atoms with Crippen LogP contribution in [0.1, 0.15) is 25.3 Å². The molecule has 0 fully saturated rings. The predicted octanol–water partition coefficient (Wildman–Crippen LogP) is 5.44. The number of fused-ring (bicyclic) bond motifs is 1. The summed E-state index contributed by atoms with van der Waals surface area (Å²) < 4.78 is 10.6. The van der Waals surface area contributed by atoms with E-state index in [-0.39, 0.29) is 12.5 Å². The third-order valence-corrected chi connectivity index (χ3v) is 5.47. The molecule has 0 aliphatic carbocycles. The van der Waals surface area contributed by atoms with Crippen molar-refractivity contribution in [2.45, 2.75) is 26.2 Å². The van der Waals surface area contributed by atoms with E-state index in [0.717, 1.165) is 12.1 Å². The maximum absolute atomic E-state index is 12.4. The summed E-state index contributed by atoms with van der Waals surface area (Å²) in [6.07, 6.45) is 3.40. The first kappa shape index (κ1) is 22.6. The number of nitrogens with zero attached hydrogens (tertiary/aromatic N) is 3. The maximum atomic E-state index is 12.4. The summed E-state index contributed by atoms with van der Waals surface area (Å²) in [7, 11) is 1.59. The Morgan fingerprint density at radius 2 is 1.67 bits per heavy atom. The van der Waals surface area contributed by atoms with E-state index in [1.54, 1.807) is 48.3 Å². The highest BCUT2D eigenvalue weighted by Gasteiger charge is 2.12. The lowest BCUT2D eigenvalue weighted by Crippen LogP contribution is -2.20. The molecule has 1 amide bonds. The molecule has 1 heterocycles. The lowest BCUT2D eigenvalue weighted by Gasteiger charge is -2.09. The number of unbranched alkanes of at least 4 members (excludes halogenated alkanes) is 1. The Labute approximate surface area is 197 Å².